The van der Waals surface area contributed by atoms with E-state index in [2.05, 4.69) is 5.32 Å². The highest BCUT2D eigenvalue weighted by atomic mass is 32.2. The first kappa shape index (κ1) is 19.9. The van der Waals surface area contributed by atoms with Gasteiger partial charge in [-0.3, -0.25) is 4.79 Å². The van der Waals surface area contributed by atoms with E-state index in [1.54, 1.807) is 18.2 Å². The highest BCUT2D eigenvalue weighted by molar-refractivity contribution is 7.89. The summed E-state index contributed by atoms with van der Waals surface area (Å²) < 4.78 is 25.8. The van der Waals surface area contributed by atoms with Crippen molar-refractivity contribution < 1.29 is 18.1 Å². The molecule has 1 fully saturated rings. The number of rotatable bonds is 5. The molecule has 1 amide bonds. The Labute approximate surface area is 151 Å². The van der Waals surface area contributed by atoms with Crippen molar-refractivity contribution in [2.24, 2.45) is 0 Å². The maximum absolute atomic E-state index is 12.7. The van der Waals surface area contributed by atoms with Crippen molar-refractivity contribution >= 4 is 21.6 Å². The van der Waals surface area contributed by atoms with Crippen LogP contribution in [0.1, 0.15) is 38.2 Å². The number of anilines is 1. The van der Waals surface area contributed by atoms with Gasteiger partial charge in [0.25, 0.3) is 5.91 Å². The van der Waals surface area contributed by atoms with Gasteiger partial charge in [-0.1, -0.05) is 6.07 Å². The van der Waals surface area contributed by atoms with E-state index in [0.717, 1.165) is 31.5 Å². The normalized spacial score (nSPS) is 18.0. The third-order valence-electron chi connectivity index (χ3n) is 5.00. The van der Waals surface area contributed by atoms with Gasteiger partial charge in [-0.25, -0.2) is 12.7 Å². The minimum absolute atomic E-state index is 0.0561. The van der Waals surface area contributed by atoms with Crippen molar-refractivity contribution in [3.05, 3.63) is 23.8 Å². The number of likely N-dealkylation sites (tertiary alicyclic amines) is 1. The van der Waals surface area contributed by atoms with Gasteiger partial charge in [0.2, 0.25) is 10.0 Å². The summed E-state index contributed by atoms with van der Waals surface area (Å²) in [5, 5.41) is 2.94. The first-order valence-electron chi connectivity index (χ1n) is 8.92. The van der Waals surface area contributed by atoms with E-state index in [1.165, 1.54) is 36.1 Å². The molecule has 0 aliphatic carbocycles. The lowest BCUT2D eigenvalue weighted by Gasteiger charge is -2.24. The van der Waals surface area contributed by atoms with Crippen LogP contribution in [-0.4, -0.2) is 51.9 Å². The number of hydrogen-bond donors (Lipinski definition) is 2. The van der Waals surface area contributed by atoms with Gasteiger partial charge < -0.3 is 10.2 Å². The van der Waals surface area contributed by atoms with Crippen molar-refractivity contribution in [3.63, 3.8) is 0 Å². The Hall–Kier alpha value is -1.44. The van der Waals surface area contributed by atoms with E-state index in [-0.39, 0.29) is 16.8 Å². The Balaban J connectivity index is 2.17. The van der Waals surface area contributed by atoms with Gasteiger partial charge in [-0.15, -0.1) is 0 Å². The molecule has 0 bridgehead atoms. The summed E-state index contributed by atoms with van der Waals surface area (Å²) in [6.45, 7) is 5.85. The summed E-state index contributed by atoms with van der Waals surface area (Å²) in [6.07, 6.45) is 4.79. The van der Waals surface area contributed by atoms with Crippen LogP contribution in [0.2, 0.25) is 0 Å². The average Bonchev–Trinajstić information content (AvgIpc) is 2.85. The van der Waals surface area contributed by atoms with Crippen LogP contribution < -0.4 is 10.2 Å². The van der Waals surface area contributed by atoms with Crippen LogP contribution in [0.15, 0.2) is 23.1 Å². The Bertz CT molecular complexity index is 708. The zero-order valence-electron chi connectivity index (χ0n) is 15.6. The fourth-order valence-corrected chi connectivity index (χ4v) is 4.08. The van der Waals surface area contributed by atoms with Crippen molar-refractivity contribution in [2.75, 3.05) is 32.5 Å². The minimum atomic E-state index is -3.52. The summed E-state index contributed by atoms with van der Waals surface area (Å²) in [4.78, 5) is 14.2. The van der Waals surface area contributed by atoms with E-state index in [0.29, 0.717) is 5.69 Å². The van der Waals surface area contributed by atoms with Gasteiger partial charge in [-0.2, -0.15) is 0 Å². The standard InChI is InChI=1S/C18H29N3O3S/c1-14-9-10-16(25(23,24)20(3)4)13-17(14)19-18(22)15(2)21-11-7-5-6-8-12-21/h9-10,13,15H,5-8,11-12H2,1-4H3,(H,19,22)/p+1/t15-/m0/s1. The Morgan fingerprint density at radius 2 is 1.76 bits per heavy atom. The predicted molar refractivity (Wildman–Crippen MR) is 99.3 cm³/mol. The number of amides is 1. The number of benzene rings is 1. The number of nitrogens with one attached hydrogen (secondary N) is 2. The number of carbonyl (C=O) groups excluding carboxylic acids is 1. The molecule has 1 aromatic carbocycles. The quantitative estimate of drug-likeness (QED) is 0.816. The molecule has 2 rings (SSSR count). The summed E-state index contributed by atoms with van der Waals surface area (Å²) in [5.74, 6) is -0.0561. The lowest BCUT2D eigenvalue weighted by atomic mass is 10.2. The van der Waals surface area contributed by atoms with Gasteiger partial charge in [0, 0.05) is 19.8 Å². The molecule has 1 aromatic rings. The molecule has 1 aliphatic rings. The molecule has 0 spiro atoms. The van der Waals surface area contributed by atoms with E-state index in [1.807, 2.05) is 13.8 Å². The van der Waals surface area contributed by atoms with Crippen LogP contribution in [0.3, 0.4) is 0 Å². The van der Waals surface area contributed by atoms with Gasteiger partial charge in [-0.05, 0) is 57.2 Å². The molecule has 140 valence electrons. The SMILES string of the molecule is Cc1ccc(S(=O)(=O)N(C)C)cc1NC(=O)[C@H](C)[NH+]1CCCCCC1. The number of hydrogen-bond acceptors (Lipinski definition) is 3. The number of aryl methyl sites for hydroxylation is 1. The molecule has 1 aliphatic heterocycles. The first-order chi connectivity index (χ1) is 11.7. The maximum Gasteiger partial charge on any atom is 0.282 e. The zero-order chi connectivity index (χ0) is 18.6. The Kier molecular flexibility index (Phi) is 6.59. The zero-order valence-corrected chi connectivity index (χ0v) is 16.4. The van der Waals surface area contributed by atoms with Crippen LogP contribution in [0, 0.1) is 6.92 Å². The monoisotopic (exact) mass is 368 g/mol. The summed E-state index contributed by atoms with van der Waals surface area (Å²) >= 11 is 0. The van der Waals surface area contributed by atoms with E-state index >= 15 is 0 Å². The molecule has 25 heavy (non-hydrogen) atoms. The van der Waals surface area contributed by atoms with Crippen molar-refractivity contribution in [1.82, 2.24) is 4.31 Å². The van der Waals surface area contributed by atoms with Gasteiger partial charge >= 0.3 is 0 Å². The molecule has 1 atom stereocenters. The summed E-state index contributed by atoms with van der Waals surface area (Å²) in [5.41, 5.74) is 1.41. The molecule has 2 N–H and O–H groups in total. The van der Waals surface area contributed by atoms with Crippen molar-refractivity contribution in [1.29, 1.82) is 0 Å². The predicted octanol–water partition coefficient (Wildman–Crippen LogP) is 1.03. The summed E-state index contributed by atoms with van der Waals surface area (Å²) in [7, 11) is -0.524. The number of carbonyl (C=O) groups is 1. The first-order valence-corrected chi connectivity index (χ1v) is 10.4. The fourth-order valence-electron chi connectivity index (χ4n) is 3.15. The van der Waals surface area contributed by atoms with E-state index in [9.17, 15) is 13.2 Å². The smallest absolute Gasteiger partial charge is 0.282 e. The molecule has 0 unspecified atom stereocenters. The van der Waals surface area contributed by atoms with Crippen LogP contribution >= 0.6 is 0 Å². The minimum Gasteiger partial charge on any atom is -0.325 e. The average molecular weight is 369 g/mol. The molecule has 7 heteroatoms. The molecule has 0 radical (unpaired) electrons. The number of sulfonamides is 1. The highest BCUT2D eigenvalue weighted by Gasteiger charge is 2.26. The number of nitrogens with zero attached hydrogens (tertiary/aromatic N) is 1. The molecule has 0 saturated carbocycles. The topological polar surface area (TPSA) is 70.9 Å². The van der Waals surface area contributed by atoms with Crippen LogP contribution in [0.5, 0.6) is 0 Å². The highest BCUT2D eigenvalue weighted by Crippen LogP contribution is 2.22. The Morgan fingerprint density at radius 3 is 2.32 bits per heavy atom. The van der Waals surface area contributed by atoms with E-state index in [4.69, 9.17) is 0 Å². The molecule has 6 nitrogen and oxygen atoms in total. The van der Waals surface area contributed by atoms with Crippen LogP contribution in [0.4, 0.5) is 5.69 Å². The molecular formula is C18H30N3O3S+. The lowest BCUT2D eigenvalue weighted by Crippen LogP contribution is -3.16. The van der Waals surface area contributed by atoms with Crippen molar-refractivity contribution in [2.45, 2.75) is 50.5 Å². The van der Waals surface area contributed by atoms with Crippen LogP contribution in [0.25, 0.3) is 0 Å². The Morgan fingerprint density at radius 1 is 1.16 bits per heavy atom. The molecule has 1 saturated heterocycles. The van der Waals surface area contributed by atoms with E-state index < -0.39 is 10.0 Å². The second kappa shape index (κ2) is 8.29. The summed E-state index contributed by atoms with van der Waals surface area (Å²) in [6, 6.07) is 4.71. The van der Waals surface area contributed by atoms with Crippen molar-refractivity contribution in [3.8, 4) is 0 Å². The second-order valence-corrected chi connectivity index (χ2v) is 9.20. The van der Waals surface area contributed by atoms with Gasteiger partial charge in [0.1, 0.15) is 0 Å². The third kappa shape index (κ3) is 4.80. The molecule has 0 aromatic heterocycles. The molecule has 1 heterocycles. The van der Waals surface area contributed by atoms with Crippen LogP contribution in [-0.2, 0) is 14.8 Å². The second-order valence-electron chi connectivity index (χ2n) is 7.05. The third-order valence-corrected chi connectivity index (χ3v) is 6.81. The van der Waals surface area contributed by atoms with Gasteiger partial charge in [0.15, 0.2) is 6.04 Å². The largest absolute Gasteiger partial charge is 0.325 e. The van der Waals surface area contributed by atoms with Gasteiger partial charge in [0.05, 0.1) is 18.0 Å². The maximum atomic E-state index is 12.7. The number of quaternary nitrogens is 1. The molecular weight excluding hydrogens is 338 g/mol. The lowest BCUT2D eigenvalue weighted by molar-refractivity contribution is -0.913. The fraction of sp³-hybridized carbons (Fsp3) is 0.611.